The molecule has 0 radical (unpaired) electrons. The number of aldehydes is 1. The third-order valence-corrected chi connectivity index (χ3v) is 1.86. The third-order valence-electron chi connectivity index (χ3n) is 1.86. The molecule has 4 nitrogen and oxygen atoms in total. The highest BCUT2D eigenvalue weighted by molar-refractivity contribution is 5.68. The second-order valence-corrected chi connectivity index (χ2v) is 4.90. The summed E-state index contributed by atoms with van der Waals surface area (Å²) < 4.78 is 5.10. The molecule has 0 heterocycles. The molecular formula is C11H21NO3. The smallest absolute Gasteiger partial charge is 0.407 e. The van der Waals surface area contributed by atoms with Crippen LogP contribution in [-0.4, -0.2) is 24.0 Å². The Kier molecular flexibility index (Phi) is 5.33. The summed E-state index contributed by atoms with van der Waals surface area (Å²) in [6.07, 6.45) is 0.655. The molecule has 88 valence electrons. The Morgan fingerprint density at radius 3 is 2.27 bits per heavy atom. The zero-order valence-electron chi connectivity index (χ0n) is 10.2. The highest BCUT2D eigenvalue weighted by Gasteiger charge is 2.20. The van der Waals surface area contributed by atoms with Gasteiger partial charge >= 0.3 is 6.09 Å². The van der Waals surface area contributed by atoms with Gasteiger partial charge < -0.3 is 14.8 Å². The van der Waals surface area contributed by atoms with Crippen molar-refractivity contribution in [2.75, 3.05) is 0 Å². The number of hydrogen-bond donors (Lipinski definition) is 1. The first-order valence-corrected chi connectivity index (χ1v) is 5.19. The SMILES string of the molecule is CC(C)C(CC=O)NC(=O)OC(C)(C)C. The number of carbonyl (C=O) groups excluding carboxylic acids is 2. The fourth-order valence-electron chi connectivity index (χ4n) is 1.06. The lowest BCUT2D eigenvalue weighted by Crippen LogP contribution is -2.41. The lowest BCUT2D eigenvalue weighted by molar-refractivity contribution is -0.108. The van der Waals surface area contributed by atoms with Gasteiger partial charge in [-0.3, -0.25) is 0 Å². The van der Waals surface area contributed by atoms with Crippen LogP contribution in [0.15, 0.2) is 0 Å². The van der Waals surface area contributed by atoms with Gasteiger partial charge in [0.05, 0.1) is 0 Å². The molecule has 0 aromatic heterocycles. The van der Waals surface area contributed by atoms with Gasteiger partial charge in [0, 0.05) is 12.5 Å². The summed E-state index contributed by atoms with van der Waals surface area (Å²) in [6.45, 7) is 9.31. The Morgan fingerprint density at radius 2 is 1.93 bits per heavy atom. The first kappa shape index (κ1) is 13.9. The first-order valence-electron chi connectivity index (χ1n) is 5.19. The van der Waals surface area contributed by atoms with Crippen molar-refractivity contribution in [3.63, 3.8) is 0 Å². The summed E-state index contributed by atoms with van der Waals surface area (Å²) in [5.41, 5.74) is -0.507. The molecule has 1 atom stereocenters. The molecule has 0 saturated heterocycles. The molecule has 0 saturated carbocycles. The zero-order chi connectivity index (χ0) is 12.1. The van der Waals surface area contributed by atoms with Crippen molar-refractivity contribution in [3.8, 4) is 0 Å². The van der Waals surface area contributed by atoms with Crippen molar-refractivity contribution in [2.24, 2.45) is 5.92 Å². The van der Waals surface area contributed by atoms with Crippen LogP contribution in [-0.2, 0) is 9.53 Å². The van der Waals surface area contributed by atoms with Gasteiger partial charge in [-0.05, 0) is 26.7 Å². The van der Waals surface area contributed by atoms with Crippen LogP contribution in [0.5, 0.6) is 0 Å². The maximum atomic E-state index is 11.4. The molecule has 15 heavy (non-hydrogen) atoms. The average molecular weight is 215 g/mol. The minimum Gasteiger partial charge on any atom is -0.444 e. The Morgan fingerprint density at radius 1 is 1.40 bits per heavy atom. The fourth-order valence-corrected chi connectivity index (χ4v) is 1.06. The quantitative estimate of drug-likeness (QED) is 0.731. The van der Waals surface area contributed by atoms with E-state index in [1.54, 1.807) is 20.8 Å². The van der Waals surface area contributed by atoms with Gasteiger partial charge in [0.1, 0.15) is 11.9 Å². The number of hydrogen-bond acceptors (Lipinski definition) is 3. The minimum absolute atomic E-state index is 0.155. The summed E-state index contributed by atoms with van der Waals surface area (Å²) >= 11 is 0. The summed E-state index contributed by atoms with van der Waals surface area (Å²) in [6, 6.07) is -0.155. The first-order chi connectivity index (χ1) is 6.76. The molecule has 0 fully saturated rings. The van der Waals surface area contributed by atoms with Crippen LogP contribution in [0.25, 0.3) is 0 Å². The molecule has 1 N–H and O–H groups in total. The molecule has 0 rings (SSSR count). The predicted molar refractivity (Wildman–Crippen MR) is 58.7 cm³/mol. The van der Waals surface area contributed by atoms with Gasteiger partial charge in [-0.1, -0.05) is 13.8 Å². The van der Waals surface area contributed by atoms with Crippen LogP contribution >= 0.6 is 0 Å². The monoisotopic (exact) mass is 215 g/mol. The van der Waals surface area contributed by atoms with E-state index >= 15 is 0 Å². The Balaban J connectivity index is 4.17. The molecule has 0 bridgehead atoms. The highest BCUT2D eigenvalue weighted by atomic mass is 16.6. The van der Waals surface area contributed by atoms with Gasteiger partial charge in [-0.15, -0.1) is 0 Å². The molecule has 0 spiro atoms. The number of rotatable bonds is 4. The van der Waals surface area contributed by atoms with E-state index < -0.39 is 11.7 Å². The van der Waals surface area contributed by atoms with Crippen LogP contribution in [0.1, 0.15) is 41.0 Å². The van der Waals surface area contributed by atoms with Crippen LogP contribution in [0.4, 0.5) is 4.79 Å². The molecule has 0 aromatic rings. The van der Waals surface area contributed by atoms with Gasteiger partial charge in [-0.25, -0.2) is 4.79 Å². The van der Waals surface area contributed by atoms with Crippen molar-refractivity contribution < 1.29 is 14.3 Å². The van der Waals surface area contributed by atoms with Crippen molar-refractivity contribution in [2.45, 2.75) is 52.7 Å². The van der Waals surface area contributed by atoms with Crippen molar-refractivity contribution in [3.05, 3.63) is 0 Å². The Hall–Kier alpha value is -1.06. The lowest BCUT2D eigenvalue weighted by Gasteiger charge is -2.24. The molecule has 0 aliphatic heterocycles. The molecule has 4 heteroatoms. The Labute approximate surface area is 91.4 Å². The van der Waals surface area contributed by atoms with Gasteiger partial charge in [-0.2, -0.15) is 0 Å². The van der Waals surface area contributed by atoms with E-state index in [2.05, 4.69) is 5.32 Å². The third kappa shape index (κ3) is 6.94. The maximum Gasteiger partial charge on any atom is 0.407 e. The normalized spacial score (nSPS) is 13.5. The standard InChI is InChI=1S/C11H21NO3/c1-8(2)9(6-7-13)12-10(14)15-11(3,4)5/h7-9H,6H2,1-5H3,(H,12,14). The van der Waals surface area contributed by atoms with Gasteiger partial charge in [0.2, 0.25) is 0 Å². The van der Waals surface area contributed by atoms with Crippen LogP contribution in [0.2, 0.25) is 0 Å². The summed E-state index contributed by atoms with van der Waals surface area (Å²) in [5.74, 6) is 0.211. The molecular weight excluding hydrogens is 194 g/mol. The topological polar surface area (TPSA) is 55.4 Å². The second kappa shape index (κ2) is 5.73. The van der Waals surface area contributed by atoms with E-state index in [4.69, 9.17) is 4.74 Å². The lowest BCUT2D eigenvalue weighted by atomic mass is 10.0. The van der Waals surface area contributed by atoms with E-state index in [1.807, 2.05) is 13.8 Å². The van der Waals surface area contributed by atoms with Crippen molar-refractivity contribution in [1.29, 1.82) is 0 Å². The van der Waals surface area contributed by atoms with E-state index in [0.717, 1.165) is 6.29 Å². The predicted octanol–water partition coefficient (Wildman–Crippen LogP) is 2.12. The van der Waals surface area contributed by atoms with E-state index in [-0.39, 0.29) is 12.0 Å². The molecule has 1 amide bonds. The fraction of sp³-hybridized carbons (Fsp3) is 0.818. The van der Waals surface area contributed by atoms with Gasteiger partial charge in [0.25, 0.3) is 0 Å². The second-order valence-electron chi connectivity index (χ2n) is 4.90. The maximum absolute atomic E-state index is 11.4. The van der Waals surface area contributed by atoms with Crippen LogP contribution in [0.3, 0.4) is 0 Å². The van der Waals surface area contributed by atoms with Crippen molar-refractivity contribution >= 4 is 12.4 Å². The van der Waals surface area contributed by atoms with Crippen LogP contribution < -0.4 is 5.32 Å². The number of alkyl carbamates (subject to hydrolysis) is 1. The Bertz CT molecular complexity index is 218. The van der Waals surface area contributed by atoms with Crippen molar-refractivity contribution in [1.82, 2.24) is 5.32 Å². The summed E-state index contributed by atoms with van der Waals surface area (Å²) in [4.78, 5) is 21.8. The minimum atomic E-state index is -0.507. The zero-order valence-corrected chi connectivity index (χ0v) is 10.2. The molecule has 1 unspecified atom stereocenters. The number of carbonyl (C=O) groups is 2. The number of nitrogens with one attached hydrogen (secondary N) is 1. The number of amides is 1. The number of ether oxygens (including phenoxy) is 1. The molecule has 0 aliphatic carbocycles. The summed E-state index contributed by atoms with van der Waals surface area (Å²) in [7, 11) is 0. The van der Waals surface area contributed by atoms with E-state index in [0.29, 0.717) is 6.42 Å². The molecule has 0 aromatic carbocycles. The van der Waals surface area contributed by atoms with Crippen LogP contribution in [0, 0.1) is 5.92 Å². The highest BCUT2D eigenvalue weighted by Crippen LogP contribution is 2.09. The van der Waals surface area contributed by atoms with Gasteiger partial charge in [0.15, 0.2) is 0 Å². The summed E-state index contributed by atoms with van der Waals surface area (Å²) in [5, 5.41) is 2.68. The van der Waals surface area contributed by atoms with E-state index in [1.165, 1.54) is 0 Å². The molecule has 0 aliphatic rings. The largest absolute Gasteiger partial charge is 0.444 e. The average Bonchev–Trinajstić information content (AvgIpc) is 1.99. The van der Waals surface area contributed by atoms with E-state index in [9.17, 15) is 9.59 Å².